The number of nitrogens with one attached hydrogen (secondary N) is 1. The van der Waals surface area contributed by atoms with Crippen LogP contribution in [0.5, 0.6) is 5.75 Å². The van der Waals surface area contributed by atoms with Crippen LogP contribution in [0.1, 0.15) is 25.3 Å². The molecule has 0 bridgehead atoms. The second-order valence-corrected chi connectivity index (χ2v) is 7.71. The van der Waals surface area contributed by atoms with Crippen LogP contribution in [0.2, 0.25) is 5.02 Å². The first-order valence-electron chi connectivity index (χ1n) is 8.96. The molecule has 0 fully saturated rings. The van der Waals surface area contributed by atoms with E-state index in [4.69, 9.17) is 21.1 Å². The van der Waals surface area contributed by atoms with Crippen molar-refractivity contribution in [2.75, 3.05) is 12.9 Å². The van der Waals surface area contributed by atoms with E-state index < -0.39 is 6.10 Å². The van der Waals surface area contributed by atoms with Gasteiger partial charge in [0.05, 0.1) is 7.11 Å². The number of rotatable bonds is 10. The standard InChI is InChI=1S/C21H24ClNO4S/c1-15(21(25)23-14-16-5-9-18(26-2)10-6-16)27-20(24)4-3-13-28-19-11-7-17(22)8-12-19/h5-12,15H,3-4,13-14H2,1-2H3,(H,23,25)/t15-/m1/s1. The molecule has 2 rings (SSSR count). The van der Waals surface area contributed by atoms with E-state index in [1.807, 2.05) is 48.5 Å². The summed E-state index contributed by atoms with van der Waals surface area (Å²) in [7, 11) is 1.60. The Hall–Kier alpha value is -2.18. The van der Waals surface area contributed by atoms with Gasteiger partial charge in [-0.1, -0.05) is 23.7 Å². The minimum atomic E-state index is -0.824. The van der Waals surface area contributed by atoms with Crippen molar-refractivity contribution in [3.8, 4) is 5.75 Å². The predicted molar refractivity (Wildman–Crippen MR) is 112 cm³/mol. The molecular weight excluding hydrogens is 398 g/mol. The molecule has 0 saturated carbocycles. The largest absolute Gasteiger partial charge is 0.497 e. The van der Waals surface area contributed by atoms with Crippen LogP contribution in [0, 0.1) is 0 Å². The van der Waals surface area contributed by atoms with Crippen LogP contribution in [0.4, 0.5) is 0 Å². The smallest absolute Gasteiger partial charge is 0.306 e. The van der Waals surface area contributed by atoms with E-state index >= 15 is 0 Å². The highest BCUT2D eigenvalue weighted by Gasteiger charge is 2.17. The summed E-state index contributed by atoms with van der Waals surface area (Å²) in [5.41, 5.74) is 0.937. The molecule has 0 aliphatic rings. The third-order valence-corrected chi connectivity index (χ3v) is 5.26. The minimum Gasteiger partial charge on any atom is -0.497 e. The lowest BCUT2D eigenvalue weighted by molar-refractivity contribution is -0.154. The number of hydrogen-bond donors (Lipinski definition) is 1. The molecule has 0 heterocycles. The molecule has 1 amide bonds. The molecular formula is C21H24ClNO4S. The Balaban J connectivity index is 1.63. The maximum Gasteiger partial charge on any atom is 0.306 e. The maximum absolute atomic E-state index is 12.1. The lowest BCUT2D eigenvalue weighted by atomic mass is 10.2. The Bertz CT molecular complexity index is 765. The van der Waals surface area contributed by atoms with Gasteiger partial charge in [0.15, 0.2) is 6.10 Å². The number of esters is 1. The molecule has 0 unspecified atom stereocenters. The fourth-order valence-corrected chi connectivity index (χ4v) is 3.30. The summed E-state index contributed by atoms with van der Waals surface area (Å²) < 4.78 is 10.3. The normalized spacial score (nSPS) is 11.5. The van der Waals surface area contributed by atoms with Gasteiger partial charge in [-0.15, -0.1) is 11.8 Å². The van der Waals surface area contributed by atoms with Crippen molar-refractivity contribution in [3.63, 3.8) is 0 Å². The van der Waals surface area contributed by atoms with E-state index in [9.17, 15) is 9.59 Å². The summed E-state index contributed by atoms with van der Waals surface area (Å²) >= 11 is 7.50. The Labute approximate surface area is 174 Å². The monoisotopic (exact) mass is 421 g/mol. The Morgan fingerprint density at radius 3 is 2.43 bits per heavy atom. The first-order chi connectivity index (χ1) is 13.5. The topological polar surface area (TPSA) is 64.6 Å². The Morgan fingerprint density at radius 2 is 1.79 bits per heavy atom. The van der Waals surface area contributed by atoms with Crippen molar-refractivity contribution in [1.29, 1.82) is 0 Å². The zero-order valence-corrected chi connectivity index (χ0v) is 17.5. The lowest BCUT2D eigenvalue weighted by Gasteiger charge is -2.13. The number of amides is 1. The third kappa shape index (κ3) is 7.82. The molecule has 2 aromatic carbocycles. The van der Waals surface area contributed by atoms with Gasteiger partial charge in [-0.25, -0.2) is 0 Å². The molecule has 0 saturated heterocycles. The average molecular weight is 422 g/mol. The van der Waals surface area contributed by atoms with Crippen LogP contribution in [0.15, 0.2) is 53.4 Å². The SMILES string of the molecule is COc1ccc(CNC(=O)[C@@H](C)OC(=O)CCCSc2ccc(Cl)cc2)cc1. The van der Waals surface area contributed by atoms with Crippen LogP contribution in [-0.2, 0) is 20.9 Å². The van der Waals surface area contributed by atoms with Crippen molar-refractivity contribution in [3.05, 3.63) is 59.1 Å². The molecule has 0 radical (unpaired) electrons. The summed E-state index contributed by atoms with van der Waals surface area (Å²) in [6.07, 6.45) is 0.123. The van der Waals surface area contributed by atoms with Gasteiger partial charge in [0, 0.05) is 22.9 Å². The number of methoxy groups -OCH3 is 1. The third-order valence-electron chi connectivity index (χ3n) is 3.91. The van der Waals surface area contributed by atoms with Gasteiger partial charge in [-0.05, 0) is 61.1 Å². The van der Waals surface area contributed by atoms with Gasteiger partial charge in [-0.3, -0.25) is 9.59 Å². The summed E-state index contributed by atoms with van der Waals surface area (Å²) in [4.78, 5) is 25.1. The summed E-state index contributed by atoms with van der Waals surface area (Å²) in [6.45, 7) is 1.94. The fraction of sp³-hybridized carbons (Fsp3) is 0.333. The van der Waals surface area contributed by atoms with Crippen molar-refractivity contribution < 1.29 is 19.1 Å². The van der Waals surface area contributed by atoms with Gasteiger partial charge >= 0.3 is 5.97 Å². The molecule has 0 spiro atoms. The van der Waals surface area contributed by atoms with E-state index in [2.05, 4.69) is 5.32 Å². The van der Waals surface area contributed by atoms with Gasteiger partial charge in [0.1, 0.15) is 5.75 Å². The zero-order valence-electron chi connectivity index (χ0n) is 15.9. The highest BCUT2D eigenvalue weighted by atomic mass is 35.5. The van der Waals surface area contributed by atoms with Crippen molar-refractivity contribution in [2.45, 2.75) is 37.3 Å². The van der Waals surface area contributed by atoms with E-state index in [1.165, 1.54) is 0 Å². The number of carbonyl (C=O) groups excluding carboxylic acids is 2. The van der Waals surface area contributed by atoms with Crippen LogP contribution in [0.25, 0.3) is 0 Å². The van der Waals surface area contributed by atoms with E-state index in [0.29, 0.717) is 18.0 Å². The summed E-state index contributed by atoms with van der Waals surface area (Å²) in [5.74, 6) is 0.851. The summed E-state index contributed by atoms with van der Waals surface area (Å²) in [5, 5.41) is 3.46. The number of thioether (sulfide) groups is 1. The molecule has 28 heavy (non-hydrogen) atoms. The second kappa shape index (κ2) is 11.6. The van der Waals surface area contributed by atoms with Gasteiger partial charge in [-0.2, -0.15) is 0 Å². The molecule has 0 aliphatic heterocycles. The molecule has 2 aromatic rings. The molecule has 5 nitrogen and oxygen atoms in total. The maximum atomic E-state index is 12.1. The highest BCUT2D eigenvalue weighted by Crippen LogP contribution is 2.21. The van der Waals surface area contributed by atoms with Gasteiger partial charge in [0.25, 0.3) is 5.91 Å². The van der Waals surface area contributed by atoms with Gasteiger partial charge < -0.3 is 14.8 Å². The number of benzene rings is 2. The predicted octanol–water partition coefficient (Wildman–Crippen LogP) is 4.47. The highest BCUT2D eigenvalue weighted by molar-refractivity contribution is 7.99. The molecule has 0 aliphatic carbocycles. The van der Waals surface area contributed by atoms with Crippen LogP contribution in [-0.4, -0.2) is 30.8 Å². The van der Waals surface area contributed by atoms with E-state index in [0.717, 1.165) is 22.0 Å². The fourth-order valence-electron chi connectivity index (χ4n) is 2.32. The Kier molecular flexibility index (Phi) is 9.17. The van der Waals surface area contributed by atoms with Crippen molar-refractivity contribution in [1.82, 2.24) is 5.32 Å². The molecule has 150 valence electrons. The molecule has 1 N–H and O–H groups in total. The number of halogens is 1. The van der Waals surface area contributed by atoms with Crippen LogP contribution < -0.4 is 10.1 Å². The lowest BCUT2D eigenvalue weighted by Crippen LogP contribution is -2.35. The van der Waals surface area contributed by atoms with Gasteiger partial charge in [0.2, 0.25) is 0 Å². The van der Waals surface area contributed by atoms with Crippen molar-refractivity contribution in [2.24, 2.45) is 0 Å². The average Bonchev–Trinajstić information content (AvgIpc) is 2.71. The zero-order chi connectivity index (χ0) is 20.4. The van der Waals surface area contributed by atoms with E-state index in [-0.39, 0.29) is 18.3 Å². The molecule has 1 atom stereocenters. The number of ether oxygens (including phenoxy) is 2. The number of carbonyl (C=O) groups is 2. The molecule has 0 aromatic heterocycles. The Morgan fingerprint density at radius 1 is 1.11 bits per heavy atom. The minimum absolute atomic E-state index is 0.274. The summed E-state index contributed by atoms with van der Waals surface area (Å²) in [6, 6.07) is 15.0. The molecule has 7 heteroatoms. The first kappa shape index (κ1) is 22.1. The quantitative estimate of drug-likeness (QED) is 0.348. The van der Waals surface area contributed by atoms with Crippen molar-refractivity contribution >= 4 is 35.2 Å². The van der Waals surface area contributed by atoms with Crippen LogP contribution in [0.3, 0.4) is 0 Å². The van der Waals surface area contributed by atoms with E-state index in [1.54, 1.807) is 25.8 Å². The number of hydrogen-bond acceptors (Lipinski definition) is 5. The van der Waals surface area contributed by atoms with Crippen LogP contribution >= 0.6 is 23.4 Å². The first-order valence-corrected chi connectivity index (χ1v) is 10.3. The second-order valence-electron chi connectivity index (χ2n) is 6.10.